The first-order valence-corrected chi connectivity index (χ1v) is 6.89. The Hall–Kier alpha value is -0.570. The minimum Gasteiger partial charge on any atom is -0.354 e. The second kappa shape index (κ2) is 5.85. The maximum Gasteiger partial charge on any atom is 0.233 e. The Morgan fingerprint density at radius 2 is 1.82 bits per heavy atom. The summed E-state index contributed by atoms with van der Waals surface area (Å²) in [5, 5.41) is 6.30. The molecule has 1 fully saturated rings. The van der Waals surface area contributed by atoms with E-state index in [0.29, 0.717) is 12.0 Å². The third-order valence-electron chi connectivity index (χ3n) is 3.85. The van der Waals surface area contributed by atoms with Crippen molar-refractivity contribution in [2.24, 2.45) is 5.41 Å². The van der Waals surface area contributed by atoms with Gasteiger partial charge in [0.2, 0.25) is 5.91 Å². The Balaban J connectivity index is 2.27. The van der Waals surface area contributed by atoms with Gasteiger partial charge in [-0.1, -0.05) is 19.8 Å². The molecule has 0 saturated heterocycles. The third kappa shape index (κ3) is 5.07. The van der Waals surface area contributed by atoms with E-state index >= 15 is 0 Å². The largest absolute Gasteiger partial charge is 0.354 e. The molecule has 0 spiro atoms. The zero-order valence-corrected chi connectivity index (χ0v) is 11.9. The van der Waals surface area contributed by atoms with Gasteiger partial charge in [0.15, 0.2) is 0 Å². The van der Waals surface area contributed by atoms with Gasteiger partial charge in [0, 0.05) is 12.1 Å². The summed E-state index contributed by atoms with van der Waals surface area (Å²) in [6.07, 6.45) is 6.38. The van der Waals surface area contributed by atoms with E-state index in [1.165, 1.54) is 32.1 Å². The number of hydrogen-bond donors (Lipinski definition) is 2. The van der Waals surface area contributed by atoms with Gasteiger partial charge >= 0.3 is 0 Å². The highest BCUT2D eigenvalue weighted by Gasteiger charge is 2.32. The SMILES string of the molecule is CCC1(CNC(=O)CNC(C)(C)C)CCCC1. The van der Waals surface area contributed by atoms with E-state index in [4.69, 9.17) is 0 Å². The molecule has 3 nitrogen and oxygen atoms in total. The second-order valence-electron chi connectivity index (χ2n) is 6.44. The highest BCUT2D eigenvalue weighted by Crippen LogP contribution is 2.40. The molecule has 0 aromatic heterocycles. The second-order valence-corrected chi connectivity index (χ2v) is 6.44. The van der Waals surface area contributed by atoms with Crippen molar-refractivity contribution in [1.29, 1.82) is 0 Å². The lowest BCUT2D eigenvalue weighted by Gasteiger charge is -2.28. The van der Waals surface area contributed by atoms with Gasteiger partial charge in [-0.3, -0.25) is 4.79 Å². The summed E-state index contributed by atoms with van der Waals surface area (Å²) < 4.78 is 0. The van der Waals surface area contributed by atoms with Crippen molar-refractivity contribution in [2.45, 2.75) is 65.3 Å². The van der Waals surface area contributed by atoms with Gasteiger partial charge in [-0.15, -0.1) is 0 Å². The van der Waals surface area contributed by atoms with Gasteiger partial charge in [0.05, 0.1) is 6.54 Å². The Labute approximate surface area is 106 Å². The molecule has 2 N–H and O–H groups in total. The summed E-state index contributed by atoms with van der Waals surface area (Å²) >= 11 is 0. The fraction of sp³-hybridized carbons (Fsp3) is 0.929. The lowest BCUT2D eigenvalue weighted by molar-refractivity contribution is -0.121. The molecular formula is C14H28N2O. The molecule has 1 saturated carbocycles. The predicted octanol–water partition coefficient (Wildman–Crippen LogP) is 2.46. The van der Waals surface area contributed by atoms with E-state index in [9.17, 15) is 4.79 Å². The lowest BCUT2D eigenvalue weighted by Crippen LogP contribution is -2.45. The summed E-state index contributed by atoms with van der Waals surface area (Å²) in [5.74, 6) is 0.125. The van der Waals surface area contributed by atoms with Crippen LogP contribution in [-0.2, 0) is 4.79 Å². The maximum atomic E-state index is 11.7. The Bertz CT molecular complexity index is 249. The van der Waals surface area contributed by atoms with Crippen LogP contribution in [0.2, 0.25) is 0 Å². The van der Waals surface area contributed by atoms with E-state index in [1.807, 2.05) is 0 Å². The minimum absolute atomic E-state index is 0.00709. The number of hydrogen-bond acceptors (Lipinski definition) is 2. The molecule has 0 aliphatic heterocycles. The number of rotatable bonds is 5. The van der Waals surface area contributed by atoms with Gasteiger partial charge < -0.3 is 10.6 Å². The Morgan fingerprint density at radius 1 is 1.24 bits per heavy atom. The van der Waals surface area contributed by atoms with Gasteiger partial charge in [-0.2, -0.15) is 0 Å². The molecule has 1 aliphatic rings. The average Bonchev–Trinajstić information content (AvgIpc) is 2.72. The smallest absolute Gasteiger partial charge is 0.233 e. The highest BCUT2D eigenvalue weighted by molar-refractivity contribution is 5.78. The van der Waals surface area contributed by atoms with Crippen molar-refractivity contribution >= 4 is 5.91 Å². The maximum absolute atomic E-state index is 11.7. The quantitative estimate of drug-likeness (QED) is 0.775. The van der Waals surface area contributed by atoms with Crippen LogP contribution in [0.1, 0.15) is 59.8 Å². The first kappa shape index (κ1) is 14.5. The molecular weight excluding hydrogens is 212 g/mol. The number of nitrogens with one attached hydrogen (secondary N) is 2. The zero-order valence-electron chi connectivity index (χ0n) is 11.9. The van der Waals surface area contributed by atoms with Crippen LogP contribution in [0.25, 0.3) is 0 Å². The molecule has 1 rings (SSSR count). The molecule has 0 aromatic rings. The van der Waals surface area contributed by atoms with E-state index in [2.05, 4.69) is 38.3 Å². The standard InChI is InChI=1S/C14H28N2O/c1-5-14(8-6-7-9-14)11-15-12(17)10-16-13(2,3)4/h16H,5-11H2,1-4H3,(H,15,17). The molecule has 0 aromatic carbocycles. The fourth-order valence-corrected chi connectivity index (χ4v) is 2.47. The van der Waals surface area contributed by atoms with Crippen molar-refractivity contribution in [3.05, 3.63) is 0 Å². The van der Waals surface area contributed by atoms with Gasteiger partial charge in [-0.25, -0.2) is 0 Å². The molecule has 0 unspecified atom stereocenters. The van der Waals surface area contributed by atoms with Gasteiger partial charge in [-0.05, 0) is 45.4 Å². The molecule has 0 heterocycles. The first-order chi connectivity index (χ1) is 7.87. The van der Waals surface area contributed by atoms with Crippen molar-refractivity contribution < 1.29 is 4.79 Å². The number of carbonyl (C=O) groups is 1. The van der Waals surface area contributed by atoms with E-state index in [-0.39, 0.29) is 11.4 Å². The summed E-state index contributed by atoms with van der Waals surface area (Å²) in [5.41, 5.74) is 0.393. The summed E-state index contributed by atoms with van der Waals surface area (Å²) in [4.78, 5) is 11.7. The minimum atomic E-state index is 0.00709. The monoisotopic (exact) mass is 240 g/mol. The van der Waals surface area contributed by atoms with E-state index in [0.717, 1.165) is 6.54 Å². The van der Waals surface area contributed by atoms with Gasteiger partial charge in [0.25, 0.3) is 0 Å². The topological polar surface area (TPSA) is 41.1 Å². The van der Waals surface area contributed by atoms with Gasteiger partial charge in [0.1, 0.15) is 0 Å². The normalized spacial score (nSPS) is 19.3. The number of carbonyl (C=O) groups excluding carboxylic acids is 1. The Kier molecular flexibility index (Phi) is 4.99. The summed E-state index contributed by atoms with van der Waals surface area (Å²) in [6.45, 7) is 9.74. The van der Waals surface area contributed by atoms with E-state index < -0.39 is 0 Å². The van der Waals surface area contributed by atoms with Crippen molar-refractivity contribution in [2.75, 3.05) is 13.1 Å². The van der Waals surface area contributed by atoms with Crippen molar-refractivity contribution in [1.82, 2.24) is 10.6 Å². The van der Waals surface area contributed by atoms with Crippen molar-refractivity contribution in [3.63, 3.8) is 0 Å². The molecule has 3 heteroatoms. The number of amides is 1. The predicted molar refractivity (Wildman–Crippen MR) is 72.0 cm³/mol. The molecule has 0 radical (unpaired) electrons. The van der Waals surface area contributed by atoms with Crippen LogP contribution in [0.5, 0.6) is 0 Å². The van der Waals surface area contributed by atoms with Crippen LogP contribution < -0.4 is 10.6 Å². The molecule has 100 valence electrons. The highest BCUT2D eigenvalue weighted by atomic mass is 16.1. The summed E-state index contributed by atoms with van der Waals surface area (Å²) in [6, 6.07) is 0. The fourth-order valence-electron chi connectivity index (χ4n) is 2.47. The van der Waals surface area contributed by atoms with Crippen LogP contribution in [0, 0.1) is 5.41 Å². The molecule has 0 atom stereocenters. The zero-order chi connectivity index (χ0) is 12.9. The Morgan fingerprint density at radius 3 is 2.29 bits per heavy atom. The molecule has 1 aliphatic carbocycles. The van der Waals surface area contributed by atoms with Crippen LogP contribution in [0.15, 0.2) is 0 Å². The van der Waals surface area contributed by atoms with Crippen LogP contribution in [-0.4, -0.2) is 24.5 Å². The van der Waals surface area contributed by atoms with Crippen LogP contribution in [0.4, 0.5) is 0 Å². The molecule has 17 heavy (non-hydrogen) atoms. The lowest BCUT2D eigenvalue weighted by atomic mass is 9.83. The van der Waals surface area contributed by atoms with Crippen LogP contribution in [0.3, 0.4) is 0 Å². The van der Waals surface area contributed by atoms with E-state index in [1.54, 1.807) is 0 Å². The molecule has 0 bridgehead atoms. The summed E-state index contributed by atoms with van der Waals surface area (Å²) in [7, 11) is 0. The first-order valence-electron chi connectivity index (χ1n) is 6.89. The third-order valence-corrected chi connectivity index (χ3v) is 3.85. The van der Waals surface area contributed by atoms with Crippen LogP contribution >= 0.6 is 0 Å². The van der Waals surface area contributed by atoms with Crippen molar-refractivity contribution in [3.8, 4) is 0 Å². The molecule has 1 amide bonds. The average molecular weight is 240 g/mol.